The number of fused-ring (bicyclic) bond motifs is 1. The molecule has 3 heterocycles. The number of pyridine rings is 1. The van der Waals surface area contributed by atoms with E-state index in [-0.39, 0.29) is 11.4 Å². The van der Waals surface area contributed by atoms with Gasteiger partial charge in [-0.05, 0) is 77.2 Å². The molecule has 8 nitrogen and oxygen atoms in total. The molecular weight excluding hydrogens is 493 g/mol. The largest absolute Gasteiger partial charge is 0.369 e. The van der Waals surface area contributed by atoms with Crippen LogP contribution in [0.25, 0.3) is 10.9 Å². The summed E-state index contributed by atoms with van der Waals surface area (Å²) in [6, 6.07) is 22.3. The molecule has 0 saturated carbocycles. The Morgan fingerprint density at radius 1 is 0.949 bits per heavy atom. The van der Waals surface area contributed by atoms with Crippen molar-refractivity contribution in [3.8, 4) is 0 Å². The van der Waals surface area contributed by atoms with Crippen LogP contribution >= 0.6 is 0 Å². The third-order valence-corrected chi connectivity index (χ3v) is 7.47. The van der Waals surface area contributed by atoms with E-state index in [0.717, 1.165) is 46.4 Å². The normalized spacial score (nSPS) is 15.1. The molecule has 198 valence electrons. The zero-order valence-corrected chi connectivity index (χ0v) is 22.0. The molecular formula is C30H30FN7O. The van der Waals surface area contributed by atoms with Crippen LogP contribution in [0.2, 0.25) is 0 Å². The van der Waals surface area contributed by atoms with Crippen molar-refractivity contribution in [3.05, 3.63) is 117 Å². The molecule has 0 spiro atoms. The highest BCUT2D eigenvalue weighted by Crippen LogP contribution is 2.30. The van der Waals surface area contributed by atoms with Gasteiger partial charge in [-0.3, -0.25) is 9.69 Å². The van der Waals surface area contributed by atoms with Crippen LogP contribution in [0.5, 0.6) is 0 Å². The van der Waals surface area contributed by atoms with Gasteiger partial charge in [0.05, 0.1) is 12.1 Å². The molecule has 3 aromatic carbocycles. The Kier molecular flexibility index (Phi) is 6.66. The lowest BCUT2D eigenvalue weighted by Crippen LogP contribution is -2.49. The number of rotatable bonds is 6. The topological polar surface area (TPSA) is 82.9 Å². The van der Waals surface area contributed by atoms with Gasteiger partial charge < -0.3 is 9.88 Å². The molecule has 1 atom stereocenters. The average molecular weight is 524 g/mol. The molecule has 0 amide bonds. The summed E-state index contributed by atoms with van der Waals surface area (Å²) in [7, 11) is 0. The predicted molar refractivity (Wildman–Crippen MR) is 149 cm³/mol. The molecule has 6 rings (SSSR count). The van der Waals surface area contributed by atoms with Crippen molar-refractivity contribution in [2.45, 2.75) is 26.4 Å². The van der Waals surface area contributed by atoms with Crippen molar-refractivity contribution in [2.24, 2.45) is 0 Å². The smallest absolute Gasteiger partial charge is 0.253 e. The number of aryl methyl sites for hydroxylation is 2. The lowest BCUT2D eigenvalue weighted by atomic mass is 10.00. The van der Waals surface area contributed by atoms with Gasteiger partial charge in [0.15, 0.2) is 5.82 Å². The average Bonchev–Trinajstić information content (AvgIpc) is 3.38. The number of aromatic nitrogens is 5. The second-order valence-corrected chi connectivity index (χ2v) is 10.2. The van der Waals surface area contributed by atoms with E-state index in [1.165, 1.54) is 12.1 Å². The van der Waals surface area contributed by atoms with Gasteiger partial charge >= 0.3 is 0 Å². The predicted octanol–water partition coefficient (Wildman–Crippen LogP) is 4.23. The monoisotopic (exact) mass is 523 g/mol. The first-order chi connectivity index (χ1) is 19.0. The van der Waals surface area contributed by atoms with Gasteiger partial charge in [-0.2, -0.15) is 0 Å². The molecule has 0 radical (unpaired) electrons. The van der Waals surface area contributed by atoms with Gasteiger partial charge in [-0.15, -0.1) is 5.10 Å². The van der Waals surface area contributed by atoms with E-state index >= 15 is 0 Å². The number of aromatic amines is 1. The van der Waals surface area contributed by atoms with Gasteiger partial charge in [0.1, 0.15) is 11.9 Å². The summed E-state index contributed by atoms with van der Waals surface area (Å²) in [4.78, 5) is 21.3. The molecule has 39 heavy (non-hydrogen) atoms. The zero-order chi connectivity index (χ0) is 26.9. The van der Waals surface area contributed by atoms with Crippen LogP contribution in [0.3, 0.4) is 0 Å². The fourth-order valence-corrected chi connectivity index (χ4v) is 5.57. The molecule has 1 N–H and O–H groups in total. The third kappa shape index (κ3) is 5.05. The summed E-state index contributed by atoms with van der Waals surface area (Å²) in [5, 5.41) is 13.8. The summed E-state index contributed by atoms with van der Waals surface area (Å²) < 4.78 is 15.3. The Bertz CT molecular complexity index is 1660. The van der Waals surface area contributed by atoms with Gasteiger partial charge in [0.2, 0.25) is 0 Å². The number of piperazine rings is 1. The maximum absolute atomic E-state index is 13.6. The van der Waals surface area contributed by atoms with E-state index in [0.29, 0.717) is 31.0 Å². The molecule has 1 unspecified atom stereocenters. The first kappa shape index (κ1) is 24.9. The number of H-pyrrole nitrogens is 1. The molecule has 0 aliphatic carbocycles. The van der Waals surface area contributed by atoms with Gasteiger partial charge in [0.25, 0.3) is 5.56 Å². The van der Waals surface area contributed by atoms with Crippen LogP contribution in [0.4, 0.5) is 10.1 Å². The number of hydrogen-bond acceptors (Lipinski definition) is 6. The highest BCUT2D eigenvalue weighted by Gasteiger charge is 2.33. The molecule has 0 bridgehead atoms. The number of nitrogens with one attached hydrogen (secondary N) is 1. The Morgan fingerprint density at radius 3 is 2.44 bits per heavy atom. The second-order valence-electron chi connectivity index (χ2n) is 10.2. The standard InChI is InChI=1S/C30H30FN7O/c1-20-16-21(2)27-23(17-20)18-26(30(39)32-27)28(29-33-34-35-38(29)19-22-6-4-3-5-7-22)37-14-12-36(13-15-37)25-10-8-24(31)9-11-25/h3-11,16-18,28H,12-15,19H2,1-2H3,(H,32,39). The van der Waals surface area contributed by atoms with Crippen LogP contribution < -0.4 is 10.5 Å². The number of halogens is 1. The molecule has 1 aliphatic heterocycles. The molecule has 1 fully saturated rings. The Labute approximate surface area is 225 Å². The number of anilines is 1. The minimum absolute atomic E-state index is 0.144. The number of nitrogens with zero attached hydrogens (tertiary/aromatic N) is 6. The van der Waals surface area contributed by atoms with Crippen molar-refractivity contribution >= 4 is 16.6 Å². The molecule has 1 aliphatic rings. The molecule has 1 saturated heterocycles. The van der Waals surface area contributed by atoms with Crippen molar-refractivity contribution < 1.29 is 4.39 Å². The summed E-state index contributed by atoms with van der Waals surface area (Å²) in [5.74, 6) is 0.381. The van der Waals surface area contributed by atoms with E-state index in [2.05, 4.69) is 49.4 Å². The summed E-state index contributed by atoms with van der Waals surface area (Å²) in [6.07, 6.45) is 0. The molecule has 2 aromatic heterocycles. The third-order valence-electron chi connectivity index (χ3n) is 7.47. The van der Waals surface area contributed by atoms with Crippen molar-refractivity contribution in [3.63, 3.8) is 0 Å². The fourth-order valence-electron chi connectivity index (χ4n) is 5.57. The van der Waals surface area contributed by atoms with E-state index in [4.69, 9.17) is 0 Å². The molecule has 5 aromatic rings. The van der Waals surface area contributed by atoms with Crippen molar-refractivity contribution in [1.82, 2.24) is 30.1 Å². The Balaban J connectivity index is 1.40. The Morgan fingerprint density at radius 2 is 1.69 bits per heavy atom. The van der Waals surface area contributed by atoms with E-state index in [1.54, 1.807) is 4.68 Å². The lowest BCUT2D eigenvalue weighted by Gasteiger charge is -2.39. The van der Waals surface area contributed by atoms with Gasteiger partial charge in [-0.1, -0.05) is 42.0 Å². The first-order valence-electron chi connectivity index (χ1n) is 13.1. The quantitative estimate of drug-likeness (QED) is 0.359. The van der Waals surface area contributed by atoms with Crippen molar-refractivity contribution in [2.75, 3.05) is 31.1 Å². The van der Waals surface area contributed by atoms with E-state index in [1.807, 2.05) is 55.5 Å². The molecule has 9 heteroatoms. The maximum atomic E-state index is 13.6. The summed E-state index contributed by atoms with van der Waals surface area (Å²) in [5.41, 5.74) is 5.55. The Hall–Kier alpha value is -4.37. The zero-order valence-electron chi connectivity index (χ0n) is 22.0. The minimum Gasteiger partial charge on any atom is -0.369 e. The SMILES string of the molecule is Cc1cc(C)c2[nH]c(=O)c(C(c3nnnn3Cc3ccccc3)N3CCN(c4ccc(F)cc4)CC3)cc2c1. The maximum Gasteiger partial charge on any atom is 0.253 e. The lowest BCUT2D eigenvalue weighted by molar-refractivity contribution is 0.200. The van der Waals surface area contributed by atoms with Crippen LogP contribution in [0.1, 0.15) is 34.1 Å². The number of tetrazole rings is 1. The summed E-state index contributed by atoms with van der Waals surface area (Å²) >= 11 is 0. The number of hydrogen-bond donors (Lipinski definition) is 1. The van der Waals surface area contributed by atoms with Crippen LogP contribution in [-0.4, -0.2) is 56.3 Å². The summed E-state index contributed by atoms with van der Waals surface area (Å²) in [6.45, 7) is 7.40. The van der Waals surface area contributed by atoms with Gasteiger partial charge in [0, 0.05) is 37.4 Å². The van der Waals surface area contributed by atoms with Crippen molar-refractivity contribution in [1.29, 1.82) is 0 Å². The van der Waals surface area contributed by atoms with Crippen LogP contribution in [0, 0.1) is 19.7 Å². The van der Waals surface area contributed by atoms with E-state index < -0.39 is 6.04 Å². The number of benzene rings is 3. The fraction of sp³-hybridized carbons (Fsp3) is 0.267. The van der Waals surface area contributed by atoms with E-state index in [9.17, 15) is 9.18 Å². The van der Waals surface area contributed by atoms with Gasteiger partial charge in [-0.25, -0.2) is 9.07 Å². The minimum atomic E-state index is -0.437. The highest BCUT2D eigenvalue weighted by molar-refractivity contribution is 5.83. The first-order valence-corrected chi connectivity index (χ1v) is 13.1. The van der Waals surface area contributed by atoms with Crippen LogP contribution in [0.15, 0.2) is 77.6 Å². The van der Waals surface area contributed by atoms with Crippen LogP contribution in [-0.2, 0) is 6.54 Å². The second kappa shape index (κ2) is 10.4. The highest BCUT2D eigenvalue weighted by atomic mass is 19.1.